The molecule has 7 nitrogen and oxygen atoms in total. The van der Waals surface area contributed by atoms with E-state index in [-0.39, 0.29) is 0 Å². The van der Waals surface area contributed by atoms with Crippen LogP contribution in [0, 0.1) is 0 Å². The van der Waals surface area contributed by atoms with E-state index in [1.165, 1.54) is 22.3 Å². The van der Waals surface area contributed by atoms with Crippen molar-refractivity contribution in [1.29, 1.82) is 0 Å². The first-order valence-electron chi connectivity index (χ1n) is 12.9. The van der Waals surface area contributed by atoms with Gasteiger partial charge >= 0.3 is 0 Å². The van der Waals surface area contributed by atoms with Gasteiger partial charge in [0.05, 0.1) is 66.1 Å². The molecule has 0 atom stereocenters. The van der Waals surface area contributed by atoms with Gasteiger partial charge < -0.3 is 23.7 Å². The smallest absolute Gasteiger partial charge is 0.0721 e. The van der Waals surface area contributed by atoms with Crippen LogP contribution in [0.4, 0.5) is 0 Å². The number of nitrogens with zero attached hydrogens (tertiary/aromatic N) is 2. The van der Waals surface area contributed by atoms with Crippen LogP contribution in [-0.2, 0) is 50.1 Å². The van der Waals surface area contributed by atoms with E-state index in [2.05, 4.69) is 58.3 Å². The van der Waals surface area contributed by atoms with Gasteiger partial charge in [0, 0.05) is 39.3 Å². The van der Waals surface area contributed by atoms with Crippen LogP contribution in [0.15, 0.2) is 48.5 Å². The minimum absolute atomic E-state index is 0.598. The highest BCUT2D eigenvalue weighted by atomic mass is 16.5. The van der Waals surface area contributed by atoms with Crippen molar-refractivity contribution in [2.24, 2.45) is 0 Å². The van der Waals surface area contributed by atoms with Crippen LogP contribution in [-0.4, -0.2) is 88.7 Å². The fourth-order valence-corrected chi connectivity index (χ4v) is 4.34. The van der Waals surface area contributed by atoms with Crippen molar-refractivity contribution >= 4 is 0 Å². The van der Waals surface area contributed by atoms with E-state index >= 15 is 0 Å². The third-order valence-corrected chi connectivity index (χ3v) is 6.58. The van der Waals surface area contributed by atoms with Crippen LogP contribution in [0.25, 0.3) is 0 Å². The first kappa shape index (κ1) is 26.2. The molecule has 0 amide bonds. The fraction of sp³-hybridized carbons (Fsp3) is 0.571. The van der Waals surface area contributed by atoms with Crippen LogP contribution in [0.2, 0.25) is 0 Å². The van der Waals surface area contributed by atoms with Gasteiger partial charge in [0.25, 0.3) is 0 Å². The molecule has 0 aliphatic carbocycles. The van der Waals surface area contributed by atoms with Crippen molar-refractivity contribution in [3.63, 3.8) is 0 Å². The Morgan fingerprint density at radius 2 is 0.629 bits per heavy atom. The molecule has 0 fully saturated rings. The standard InChI is InChI=1S/C28H40N2O5/c1-2-6-26-22-33-18-12-30-10-16-31-15-9-29(11-17-32-21-25(26)5-1)13-19-34-23-27-7-3-4-8-28(27)24-35-20-14-30/h1-8H,9-24H2. The molecule has 2 aromatic rings. The normalized spacial score (nSPS) is 24.5. The first-order chi connectivity index (χ1) is 17.4. The summed E-state index contributed by atoms with van der Waals surface area (Å²) in [7, 11) is 0. The minimum atomic E-state index is 0.598. The van der Waals surface area contributed by atoms with Crippen LogP contribution in [0.3, 0.4) is 0 Å². The molecule has 7 heteroatoms. The maximum absolute atomic E-state index is 6.06. The zero-order chi connectivity index (χ0) is 24.0. The van der Waals surface area contributed by atoms with Crippen molar-refractivity contribution in [1.82, 2.24) is 9.80 Å². The summed E-state index contributed by atoms with van der Waals surface area (Å²) in [5.41, 5.74) is 4.78. The van der Waals surface area contributed by atoms with Crippen molar-refractivity contribution < 1.29 is 23.7 Å². The molecule has 2 aliphatic heterocycles. The maximum Gasteiger partial charge on any atom is 0.0721 e. The van der Waals surface area contributed by atoms with E-state index in [1.54, 1.807) is 0 Å². The monoisotopic (exact) mass is 484 g/mol. The van der Waals surface area contributed by atoms with Crippen molar-refractivity contribution in [2.75, 3.05) is 78.9 Å². The highest BCUT2D eigenvalue weighted by Crippen LogP contribution is 2.13. The number of hydrogen-bond acceptors (Lipinski definition) is 7. The summed E-state index contributed by atoms with van der Waals surface area (Å²) >= 11 is 0. The second-order valence-corrected chi connectivity index (χ2v) is 9.04. The second-order valence-electron chi connectivity index (χ2n) is 9.04. The molecule has 2 bridgehead atoms. The second kappa shape index (κ2) is 15.3. The van der Waals surface area contributed by atoms with E-state index < -0.39 is 0 Å². The molecule has 0 saturated heterocycles. The Morgan fingerprint density at radius 1 is 0.371 bits per heavy atom. The molecule has 2 heterocycles. The first-order valence-corrected chi connectivity index (χ1v) is 12.9. The summed E-state index contributed by atoms with van der Waals surface area (Å²) in [6.07, 6.45) is 0. The van der Waals surface area contributed by atoms with Crippen molar-refractivity contribution in [3.05, 3.63) is 70.8 Å². The van der Waals surface area contributed by atoms with E-state index in [0.29, 0.717) is 66.1 Å². The van der Waals surface area contributed by atoms with E-state index in [9.17, 15) is 0 Å². The largest absolute Gasteiger partial charge is 0.379 e. The quantitative estimate of drug-likeness (QED) is 0.533. The molecule has 2 aromatic carbocycles. The predicted octanol–water partition coefficient (Wildman–Crippen LogP) is 3.10. The molecule has 0 aromatic heterocycles. The third-order valence-electron chi connectivity index (χ3n) is 6.58. The summed E-state index contributed by atoms with van der Waals surface area (Å²) in [6.45, 7) is 11.6. The Hall–Kier alpha value is -1.84. The molecular formula is C28H40N2O5. The molecule has 0 radical (unpaired) electrons. The van der Waals surface area contributed by atoms with Crippen LogP contribution < -0.4 is 0 Å². The molecule has 35 heavy (non-hydrogen) atoms. The van der Waals surface area contributed by atoms with Gasteiger partial charge in [-0.05, 0) is 22.3 Å². The van der Waals surface area contributed by atoms with Crippen LogP contribution in [0.1, 0.15) is 22.3 Å². The molecule has 0 N–H and O–H groups in total. The molecular weight excluding hydrogens is 444 g/mol. The van der Waals surface area contributed by atoms with Crippen LogP contribution >= 0.6 is 0 Å². The predicted molar refractivity (Wildman–Crippen MR) is 135 cm³/mol. The molecule has 0 unspecified atom stereocenters. The molecule has 0 spiro atoms. The highest BCUT2D eigenvalue weighted by molar-refractivity contribution is 5.26. The molecule has 192 valence electrons. The number of fused-ring (bicyclic) bond motifs is 8. The summed E-state index contributed by atoms with van der Waals surface area (Å²) in [6, 6.07) is 16.8. The lowest BCUT2D eigenvalue weighted by Gasteiger charge is -2.23. The SMILES string of the molecule is c1ccc2c(c1)COCCN1CCOCCN(CCOC2)CCOCc2ccccc2COCC1. The van der Waals surface area contributed by atoms with Gasteiger partial charge in [-0.3, -0.25) is 9.80 Å². The fourth-order valence-electron chi connectivity index (χ4n) is 4.34. The average Bonchev–Trinajstić information content (AvgIpc) is 2.89. The number of hydrogen-bond donors (Lipinski definition) is 0. The van der Waals surface area contributed by atoms with Gasteiger partial charge in [0.1, 0.15) is 0 Å². The summed E-state index contributed by atoms with van der Waals surface area (Å²) in [5, 5.41) is 0. The number of ether oxygens (including phenoxy) is 5. The van der Waals surface area contributed by atoms with Gasteiger partial charge in [-0.2, -0.15) is 0 Å². The third kappa shape index (κ3) is 9.28. The van der Waals surface area contributed by atoms with E-state index in [0.717, 1.165) is 39.3 Å². The Bertz CT molecular complexity index is 733. The molecule has 0 saturated carbocycles. The van der Waals surface area contributed by atoms with E-state index in [1.807, 2.05) is 0 Å². The summed E-state index contributed by atoms with van der Waals surface area (Å²) in [5.74, 6) is 0. The summed E-state index contributed by atoms with van der Waals surface area (Å²) in [4.78, 5) is 4.75. The Morgan fingerprint density at radius 3 is 0.914 bits per heavy atom. The Kier molecular flexibility index (Phi) is 11.5. The van der Waals surface area contributed by atoms with Crippen LogP contribution in [0.5, 0.6) is 0 Å². The lowest BCUT2D eigenvalue weighted by atomic mass is 10.1. The van der Waals surface area contributed by atoms with Gasteiger partial charge in [-0.1, -0.05) is 48.5 Å². The molecule has 2 aliphatic rings. The maximum atomic E-state index is 6.06. The Labute approximate surface area is 209 Å². The number of rotatable bonds is 0. The lowest BCUT2D eigenvalue weighted by molar-refractivity contribution is 0.0353. The van der Waals surface area contributed by atoms with Gasteiger partial charge in [0.2, 0.25) is 0 Å². The van der Waals surface area contributed by atoms with Crippen molar-refractivity contribution in [2.45, 2.75) is 26.4 Å². The average molecular weight is 485 g/mol. The summed E-state index contributed by atoms with van der Waals surface area (Å²) < 4.78 is 30.3. The lowest BCUT2D eigenvalue weighted by Crippen LogP contribution is -2.36. The minimum Gasteiger partial charge on any atom is -0.379 e. The van der Waals surface area contributed by atoms with E-state index in [4.69, 9.17) is 23.7 Å². The topological polar surface area (TPSA) is 52.6 Å². The van der Waals surface area contributed by atoms with Crippen molar-refractivity contribution in [3.8, 4) is 0 Å². The van der Waals surface area contributed by atoms with Gasteiger partial charge in [-0.25, -0.2) is 0 Å². The van der Waals surface area contributed by atoms with Gasteiger partial charge in [-0.15, -0.1) is 0 Å². The zero-order valence-electron chi connectivity index (χ0n) is 20.9. The van der Waals surface area contributed by atoms with Gasteiger partial charge in [0.15, 0.2) is 0 Å². The Balaban J connectivity index is 1.45. The number of benzene rings is 2. The zero-order valence-corrected chi connectivity index (χ0v) is 20.9. The molecule has 4 rings (SSSR count). The highest BCUT2D eigenvalue weighted by Gasteiger charge is 2.11.